The number of carbonyl (C=O) groups is 1. The van der Waals surface area contributed by atoms with Crippen LogP contribution in [0.2, 0.25) is 0 Å². The van der Waals surface area contributed by atoms with Gasteiger partial charge >= 0.3 is 0 Å². The van der Waals surface area contributed by atoms with Crippen LogP contribution in [-0.2, 0) is 4.79 Å². The predicted molar refractivity (Wildman–Crippen MR) is 75.7 cm³/mol. The molecule has 0 unspecified atom stereocenters. The number of aryl methyl sites for hydroxylation is 2. The molecular weight excluding hydrogens is 244 g/mol. The summed E-state index contributed by atoms with van der Waals surface area (Å²) in [6.07, 6.45) is 5.00. The molecule has 1 aromatic heterocycles. The molecule has 0 aliphatic rings. The summed E-state index contributed by atoms with van der Waals surface area (Å²) in [5.41, 5.74) is 3.43. The van der Waals surface area contributed by atoms with Crippen molar-refractivity contribution in [3.05, 3.63) is 52.5 Å². The summed E-state index contributed by atoms with van der Waals surface area (Å²) in [7, 11) is 0. The minimum absolute atomic E-state index is 0.162. The summed E-state index contributed by atoms with van der Waals surface area (Å²) in [6, 6.07) is 6.14. The van der Waals surface area contributed by atoms with Gasteiger partial charge in [0.05, 0.1) is 0 Å². The normalized spacial score (nSPS) is 10.8. The van der Waals surface area contributed by atoms with E-state index in [1.54, 1.807) is 6.20 Å². The van der Waals surface area contributed by atoms with E-state index in [0.29, 0.717) is 5.13 Å². The van der Waals surface area contributed by atoms with Crippen LogP contribution in [0.25, 0.3) is 6.08 Å². The third-order valence-electron chi connectivity index (χ3n) is 2.50. The minimum atomic E-state index is -0.162. The van der Waals surface area contributed by atoms with Crippen molar-refractivity contribution in [1.29, 1.82) is 0 Å². The molecule has 0 fully saturated rings. The number of amides is 1. The van der Waals surface area contributed by atoms with Crippen LogP contribution in [0.4, 0.5) is 5.13 Å². The molecule has 4 heteroatoms. The van der Waals surface area contributed by atoms with Crippen LogP contribution in [0.3, 0.4) is 0 Å². The number of nitrogens with zero attached hydrogens (tertiary/aromatic N) is 1. The first kappa shape index (κ1) is 12.5. The quantitative estimate of drug-likeness (QED) is 0.857. The Labute approximate surface area is 110 Å². The highest BCUT2D eigenvalue weighted by molar-refractivity contribution is 7.13. The number of nitrogens with one attached hydrogen (secondary N) is 1. The zero-order valence-electron chi connectivity index (χ0n) is 10.3. The summed E-state index contributed by atoms with van der Waals surface area (Å²) < 4.78 is 0. The zero-order chi connectivity index (χ0) is 13.0. The molecule has 0 saturated heterocycles. The maximum absolute atomic E-state index is 11.6. The Hall–Kier alpha value is -1.94. The second-order valence-electron chi connectivity index (χ2n) is 4.02. The highest BCUT2D eigenvalue weighted by Gasteiger charge is 2.00. The summed E-state index contributed by atoms with van der Waals surface area (Å²) >= 11 is 1.40. The molecule has 0 aliphatic carbocycles. The second kappa shape index (κ2) is 5.60. The van der Waals surface area contributed by atoms with E-state index >= 15 is 0 Å². The number of anilines is 1. The van der Waals surface area contributed by atoms with E-state index in [-0.39, 0.29) is 5.91 Å². The number of thiazole rings is 1. The van der Waals surface area contributed by atoms with Crippen LogP contribution in [0.5, 0.6) is 0 Å². The standard InChI is InChI=1S/C14H14N2OS/c1-10-3-4-12(11(2)9-10)5-6-13(17)16-14-15-7-8-18-14/h3-9H,1-2H3,(H,15,16,17)/b6-5+. The maximum atomic E-state index is 11.6. The Bertz CT molecular complexity index is 573. The maximum Gasteiger partial charge on any atom is 0.250 e. The van der Waals surface area contributed by atoms with E-state index in [2.05, 4.69) is 23.3 Å². The van der Waals surface area contributed by atoms with Gasteiger partial charge in [-0.05, 0) is 31.1 Å². The molecule has 2 aromatic rings. The number of carbonyl (C=O) groups excluding carboxylic acids is 1. The first-order valence-electron chi connectivity index (χ1n) is 5.61. The fraction of sp³-hybridized carbons (Fsp3) is 0.143. The van der Waals surface area contributed by atoms with Crippen molar-refractivity contribution >= 4 is 28.5 Å². The lowest BCUT2D eigenvalue weighted by Crippen LogP contribution is -2.07. The molecule has 0 atom stereocenters. The first-order chi connectivity index (χ1) is 8.65. The largest absolute Gasteiger partial charge is 0.298 e. The van der Waals surface area contributed by atoms with Crippen molar-refractivity contribution in [2.24, 2.45) is 0 Å². The Balaban J connectivity index is 2.04. The Morgan fingerprint density at radius 3 is 2.89 bits per heavy atom. The minimum Gasteiger partial charge on any atom is -0.298 e. The predicted octanol–water partition coefficient (Wildman–Crippen LogP) is 3.41. The number of benzene rings is 1. The van der Waals surface area contributed by atoms with Crippen molar-refractivity contribution in [3.8, 4) is 0 Å². The number of aromatic nitrogens is 1. The van der Waals surface area contributed by atoms with Gasteiger partial charge in [0.2, 0.25) is 5.91 Å². The summed E-state index contributed by atoms with van der Waals surface area (Å²) in [4.78, 5) is 15.6. The molecular formula is C14H14N2OS. The van der Waals surface area contributed by atoms with Gasteiger partial charge < -0.3 is 0 Å². The van der Waals surface area contributed by atoms with E-state index in [1.807, 2.05) is 30.5 Å². The molecule has 1 amide bonds. The van der Waals surface area contributed by atoms with E-state index in [4.69, 9.17) is 0 Å². The molecule has 1 heterocycles. The molecule has 0 saturated carbocycles. The van der Waals surface area contributed by atoms with Gasteiger partial charge in [0.1, 0.15) is 0 Å². The molecule has 0 aliphatic heterocycles. The lowest BCUT2D eigenvalue weighted by atomic mass is 10.1. The molecule has 0 radical (unpaired) electrons. The van der Waals surface area contributed by atoms with Crippen LogP contribution in [0.15, 0.2) is 35.9 Å². The average Bonchev–Trinajstić information content (AvgIpc) is 2.80. The lowest BCUT2D eigenvalue weighted by Gasteiger charge is -2.01. The van der Waals surface area contributed by atoms with Crippen molar-refractivity contribution in [3.63, 3.8) is 0 Å². The van der Waals surface area contributed by atoms with Crippen molar-refractivity contribution < 1.29 is 4.79 Å². The number of hydrogen-bond donors (Lipinski definition) is 1. The van der Waals surface area contributed by atoms with Crippen LogP contribution in [0.1, 0.15) is 16.7 Å². The lowest BCUT2D eigenvalue weighted by molar-refractivity contribution is -0.111. The van der Waals surface area contributed by atoms with Crippen molar-refractivity contribution in [2.75, 3.05) is 5.32 Å². The number of rotatable bonds is 3. The van der Waals surface area contributed by atoms with E-state index in [1.165, 1.54) is 23.0 Å². The van der Waals surface area contributed by atoms with Gasteiger partial charge in [-0.1, -0.05) is 23.8 Å². The smallest absolute Gasteiger partial charge is 0.250 e. The van der Waals surface area contributed by atoms with Gasteiger partial charge in [0, 0.05) is 17.7 Å². The van der Waals surface area contributed by atoms with Gasteiger partial charge in [-0.15, -0.1) is 11.3 Å². The third kappa shape index (κ3) is 3.28. The highest BCUT2D eigenvalue weighted by Crippen LogP contribution is 2.13. The second-order valence-corrected chi connectivity index (χ2v) is 4.91. The molecule has 3 nitrogen and oxygen atoms in total. The van der Waals surface area contributed by atoms with Gasteiger partial charge in [-0.2, -0.15) is 0 Å². The zero-order valence-corrected chi connectivity index (χ0v) is 11.1. The van der Waals surface area contributed by atoms with E-state index < -0.39 is 0 Å². The Morgan fingerprint density at radius 1 is 1.39 bits per heavy atom. The molecule has 1 N–H and O–H groups in total. The van der Waals surface area contributed by atoms with Crippen LogP contribution >= 0.6 is 11.3 Å². The first-order valence-corrected chi connectivity index (χ1v) is 6.49. The van der Waals surface area contributed by atoms with Crippen molar-refractivity contribution in [2.45, 2.75) is 13.8 Å². The fourth-order valence-corrected chi connectivity index (χ4v) is 2.14. The number of hydrogen-bond acceptors (Lipinski definition) is 3. The van der Waals surface area contributed by atoms with Gasteiger partial charge in [-0.3, -0.25) is 10.1 Å². The van der Waals surface area contributed by atoms with E-state index in [9.17, 15) is 4.79 Å². The van der Waals surface area contributed by atoms with Crippen LogP contribution < -0.4 is 5.32 Å². The molecule has 0 spiro atoms. The fourth-order valence-electron chi connectivity index (χ4n) is 1.61. The average molecular weight is 258 g/mol. The van der Waals surface area contributed by atoms with Gasteiger partial charge in [0.25, 0.3) is 0 Å². The third-order valence-corrected chi connectivity index (χ3v) is 3.19. The topological polar surface area (TPSA) is 42.0 Å². The van der Waals surface area contributed by atoms with E-state index in [0.717, 1.165) is 11.1 Å². The van der Waals surface area contributed by atoms with Crippen molar-refractivity contribution in [1.82, 2.24) is 4.98 Å². The molecule has 18 heavy (non-hydrogen) atoms. The molecule has 2 rings (SSSR count). The van der Waals surface area contributed by atoms with Crippen LogP contribution in [0, 0.1) is 13.8 Å². The summed E-state index contributed by atoms with van der Waals surface area (Å²) in [5, 5.41) is 5.14. The summed E-state index contributed by atoms with van der Waals surface area (Å²) in [5.74, 6) is -0.162. The van der Waals surface area contributed by atoms with Crippen LogP contribution in [-0.4, -0.2) is 10.9 Å². The van der Waals surface area contributed by atoms with Gasteiger partial charge in [-0.25, -0.2) is 4.98 Å². The Morgan fingerprint density at radius 2 is 2.22 bits per heavy atom. The molecule has 1 aromatic carbocycles. The summed E-state index contributed by atoms with van der Waals surface area (Å²) in [6.45, 7) is 4.08. The highest BCUT2D eigenvalue weighted by atomic mass is 32.1. The molecule has 0 bridgehead atoms. The SMILES string of the molecule is Cc1ccc(/C=C/C(=O)Nc2nccs2)c(C)c1. The molecule has 92 valence electrons. The Kier molecular flexibility index (Phi) is 3.89. The van der Waals surface area contributed by atoms with Gasteiger partial charge in [0.15, 0.2) is 5.13 Å². The monoisotopic (exact) mass is 258 g/mol.